The molecule has 3 heterocycles. The Bertz CT molecular complexity index is 794. The lowest BCUT2D eigenvalue weighted by atomic mass is 10.1. The van der Waals surface area contributed by atoms with E-state index in [2.05, 4.69) is 10.2 Å². The maximum atomic E-state index is 12.5. The van der Waals surface area contributed by atoms with Crippen molar-refractivity contribution in [3.05, 3.63) is 49.6 Å². The van der Waals surface area contributed by atoms with E-state index in [4.69, 9.17) is 9.15 Å². The monoisotopic (exact) mass is 379 g/mol. The Morgan fingerprint density at radius 3 is 2.69 bits per heavy atom. The molecular formula is C17H21N3O5S. The van der Waals surface area contributed by atoms with E-state index in [0.29, 0.717) is 29.5 Å². The van der Waals surface area contributed by atoms with Gasteiger partial charge in [-0.15, -0.1) is 11.3 Å². The summed E-state index contributed by atoms with van der Waals surface area (Å²) in [5.41, 5.74) is -0.0217. The van der Waals surface area contributed by atoms with Crippen molar-refractivity contribution < 1.29 is 18.9 Å². The molecule has 8 nitrogen and oxygen atoms in total. The molecule has 3 rings (SSSR count). The lowest BCUT2D eigenvalue weighted by Gasteiger charge is -2.33. The molecule has 1 aliphatic rings. The van der Waals surface area contributed by atoms with E-state index in [0.717, 1.165) is 35.9 Å². The first-order valence-corrected chi connectivity index (χ1v) is 9.18. The van der Waals surface area contributed by atoms with Gasteiger partial charge in [0.05, 0.1) is 33.9 Å². The van der Waals surface area contributed by atoms with Gasteiger partial charge in [0.15, 0.2) is 0 Å². The predicted molar refractivity (Wildman–Crippen MR) is 96.6 cm³/mol. The van der Waals surface area contributed by atoms with Crippen LogP contribution in [0.3, 0.4) is 0 Å². The smallest absolute Gasteiger partial charge is 0.283 e. The largest absolute Gasteiger partial charge is 0.465 e. The Hall–Kier alpha value is -2.23. The predicted octanol–water partition coefficient (Wildman–Crippen LogP) is 2.67. The number of carbonyl (C=O) groups excluding carboxylic acids is 1. The highest BCUT2D eigenvalue weighted by Gasteiger charge is 2.27. The number of furan rings is 1. The summed E-state index contributed by atoms with van der Waals surface area (Å²) >= 11 is 1.13. The molecule has 1 aliphatic heterocycles. The number of hydrogen-bond acceptors (Lipinski definition) is 7. The summed E-state index contributed by atoms with van der Waals surface area (Å²) in [6.07, 6.45) is 0. The minimum Gasteiger partial charge on any atom is -0.465 e. The number of nitro groups is 1. The van der Waals surface area contributed by atoms with E-state index in [1.807, 2.05) is 19.1 Å². The van der Waals surface area contributed by atoms with E-state index < -0.39 is 4.92 Å². The van der Waals surface area contributed by atoms with Crippen molar-refractivity contribution >= 4 is 22.9 Å². The first-order valence-electron chi connectivity index (χ1n) is 8.37. The summed E-state index contributed by atoms with van der Waals surface area (Å²) in [4.78, 5) is 26.0. The van der Waals surface area contributed by atoms with Gasteiger partial charge >= 0.3 is 0 Å². The Kier molecular flexibility index (Phi) is 5.70. The first-order chi connectivity index (χ1) is 12.5. The molecule has 0 bridgehead atoms. The third kappa shape index (κ3) is 4.12. The van der Waals surface area contributed by atoms with Crippen LogP contribution < -0.4 is 5.32 Å². The van der Waals surface area contributed by atoms with Crippen molar-refractivity contribution in [1.29, 1.82) is 0 Å². The zero-order valence-corrected chi connectivity index (χ0v) is 15.5. The molecule has 1 atom stereocenters. The molecule has 2 aromatic rings. The molecule has 1 N–H and O–H groups in total. The van der Waals surface area contributed by atoms with E-state index in [-0.39, 0.29) is 17.6 Å². The topological polar surface area (TPSA) is 97.8 Å². The van der Waals surface area contributed by atoms with Crippen LogP contribution in [0.4, 0.5) is 5.69 Å². The van der Waals surface area contributed by atoms with Gasteiger partial charge in [-0.1, -0.05) is 0 Å². The molecule has 1 unspecified atom stereocenters. The quantitative estimate of drug-likeness (QED) is 0.612. The summed E-state index contributed by atoms with van der Waals surface area (Å²) < 4.78 is 11.2. The van der Waals surface area contributed by atoms with Gasteiger partial charge in [0, 0.05) is 25.7 Å². The Morgan fingerprint density at radius 2 is 2.12 bits per heavy atom. The molecule has 2 aromatic heterocycles. The van der Waals surface area contributed by atoms with Crippen LogP contribution in [0.2, 0.25) is 0 Å². The fourth-order valence-corrected chi connectivity index (χ4v) is 3.88. The van der Waals surface area contributed by atoms with Crippen LogP contribution in [0.5, 0.6) is 0 Å². The van der Waals surface area contributed by atoms with Crippen molar-refractivity contribution in [2.75, 3.05) is 32.8 Å². The van der Waals surface area contributed by atoms with Crippen molar-refractivity contribution in [3.8, 4) is 0 Å². The number of ether oxygens (including phenoxy) is 1. The average Bonchev–Trinajstić information content (AvgIpc) is 3.22. The second-order valence-corrected chi connectivity index (χ2v) is 7.39. The molecule has 0 aromatic carbocycles. The first kappa shape index (κ1) is 18.6. The van der Waals surface area contributed by atoms with Gasteiger partial charge in [0.2, 0.25) is 0 Å². The number of aryl methyl sites for hydroxylation is 2. The number of thiophene rings is 1. The van der Waals surface area contributed by atoms with Crippen LogP contribution >= 0.6 is 11.3 Å². The lowest BCUT2D eigenvalue weighted by Crippen LogP contribution is -2.43. The van der Waals surface area contributed by atoms with Gasteiger partial charge in [0.1, 0.15) is 11.5 Å². The lowest BCUT2D eigenvalue weighted by molar-refractivity contribution is -0.385. The van der Waals surface area contributed by atoms with Crippen LogP contribution in [-0.2, 0) is 4.74 Å². The molecule has 0 radical (unpaired) electrons. The Morgan fingerprint density at radius 1 is 1.38 bits per heavy atom. The van der Waals surface area contributed by atoms with Crippen LogP contribution in [0.25, 0.3) is 0 Å². The van der Waals surface area contributed by atoms with E-state index >= 15 is 0 Å². The normalized spacial score (nSPS) is 16.4. The highest BCUT2D eigenvalue weighted by atomic mass is 32.1. The minimum absolute atomic E-state index is 0.0217. The summed E-state index contributed by atoms with van der Waals surface area (Å²) in [5.74, 6) is 1.29. The van der Waals surface area contributed by atoms with Gasteiger partial charge in [-0.3, -0.25) is 19.8 Å². The second kappa shape index (κ2) is 7.98. The van der Waals surface area contributed by atoms with Crippen molar-refractivity contribution in [2.24, 2.45) is 0 Å². The maximum Gasteiger partial charge on any atom is 0.283 e. The number of nitrogens with one attached hydrogen (secondary N) is 1. The van der Waals surface area contributed by atoms with E-state index in [1.165, 1.54) is 6.07 Å². The number of nitrogens with zero attached hydrogens (tertiary/aromatic N) is 2. The summed E-state index contributed by atoms with van der Waals surface area (Å²) in [5, 5.41) is 13.9. The molecule has 1 amide bonds. The van der Waals surface area contributed by atoms with Crippen LogP contribution in [0.1, 0.15) is 32.1 Å². The number of amides is 1. The van der Waals surface area contributed by atoms with Crippen molar-refractivity contribution in [3.63, 3.8) is 0 Å². The average molecular weight is 379 g/mol. The minimum atomic E-state index is -0.467. The number of rotatable bonds is 6. The molecule has 140 valence electrons. The van der Waals surface area contributed by atoms with Gasteiger partial charge < -0.3 is 14.5 Å². The fraction of sp³-hybridized carbons (Fsp3) is 0.471. The Balaban J connectivity index is 1.71. The maximum absolute atomic E-state index is 12.5. The number of morpholine rings is 1. The molecule has 0 spiro atoms. The highest BCUT2D eigenvalue weighted by molar-refractivity contribution is 7.14. The summed E-state index contributed by atoms with van der Waals surface area (Å²) in [6.45, 7) is 6.67. The van der Waals surface area contributed by atoms with Crippen LogP contribution in [0.15, 0.2) is 22.6 Å². The Labute approximate surface area is 154 Å². The summed E-state index contributed by atoms with van der Waals surface area (Å²) in [6, 6.07) is 5.04. The van der Waals surface area contributed by atoms with E-state index in [9.17, 15) is 14.9 Å². The second-order valence-electron chi connectivity index (χ2n) is 6.13. The number of carbonyl (C=O) groups is 1. The SMILES string of the molecule is Cc1ccc(C(CNC(=O)c2cc([N+](=O)[O-])c(C)s2)N2CCOCC2)o1. The van der Waals surface area contributed by atoms with Crippen LogP contribution in [0, 0.1) is 24.0 Å². The van der Waals surface area contributed by atoms with Crippen molar-refractivity contribution in [2.45, 2.75) is 19.9 Å². The number of hydrogen-bond donors (Lipinski definition) is 1. The zero-order chi connectivity index (χ0) is 18.7. The third-order valence-electron chi connectivity index (χ3n) is 4.34. The van der Waals surface area contributed by atoms with Crippen LogP contribution in [-0.4, -0.2) is 48.6 Å². The molecule has 26 heavy (non-hydrogen) atoms. The van der Waals surface area contributed by atoms with E-state index in [1.54, 1.807) is 6.92 Å². The molecule has 0 aliphatic carbocycles. The molecular weight excluding hydrogens is 358 g/mol. The van der Waals surface area contributed by atoms with Gasteiger partial charge in [0.25, 0.3) is 11.6 Å². The molecule has 1 saturated heterocycles. The highest BCUT2D eigenvalue weighted by Crippen LogP contribution is 2.28. The van der Waals surface area contributed by atoms with Crippen molar-refractivity contribution in [1.82, 2.24) is 10.2 Å². The summed E-state index contributed by atoms with van der Waals surface area (Å²) in [7, 11) is 0. The van der Waals surface area contributed by atoms with Gasteiger partial charge in [-0.25, -0.2) is 0 Å². The molecule has 0 saturated carbocycles. The fourth-order valence-electron chi connectivity index (χ4n) is 2.97. The molecule has 1 fully saturated rings. The van der Waals surface area contributed by atoms with Gasteiger partial charge in [-0.05, 0) is 26.0 Å². The zero-order valence-electron chi connectivity index (χ0n) is 14.7. The third-order valence-corrected chi connectivity index (χ3v) is 5.38. The molecule has 9 heteroatoms. The standard InChI is InChI=1S/C17H21N3O5S/c1-11-3-4-15(25-11)14(19-5-7-24-8-6-19)10-18-17(21)16-9-13(20(22)23)12(2)26-16/h3-4,9,14H,5-8,10H2,1-2H3,(H,18,21). The van der Waals surface area contributed by atoms with Gasteiger partial charge in [-0.2, -0.15) is 0 Å².